The van der Waals surface area contributed by atoms with Crippen molar-refractivity contribution in [2.75, 3.05) is 18.4 Å². The highest BCUT2D eigenvalue weighted by atomic mass is 16.3. The smallest absolute Gasteiger partial charge is 0.232 e. The van der Waals surface area contributed by atoms with Crippen molar-refractivity contribution in [2.24, 2.45) is 5.41 Å². The standard InChI is InChI=1S/C16H24N2O2/c1-3-7-16(8-9-17-11-16)15(20)18-13-10-12(4-2)5-6-14(13)19/h5-6,10,17,19H,3-4,7-9,11H2,1-2H3,(H,18,20). The number of carbonyl (C=O) groups excluding carboxylic acids is 1. The van der Waals surface area contributed by atoms with Gasteiger partial charge in [-0.15, -0.1) is 0 Å². The molecular formula is C16H24N2O2. The minimum Gasteiger partial charge on any atom is -0.506 e. The van der Waals surface area contributed by atoms with E-state index in [-0.39, 0.29) is 17.1 Å². The number of carbonyl (C=O) groups is 1. The first-order chi connectivity index (χ1) is 9.61. The zero-order chi connectivity index (χ0) is 14.6. The van der Waals surface area contributed by atoms with E-state index >= 15 is 0 Å². The van der Waals surface area contributed by atoms with Crippen molar-refractivity contribution in [2.45, 2.75) is 39.5 Å². The monoisotopic (exact) mass is 276 g/mol. The Balaban J connectivity index is 2.18. The minimum absolute atomic E-state index is 0.0212. The van der Waals surface area contributed by atoms with Gasteiger partial charge in [0.25, 0.3) is 0 Å². The van der Waals surface area contributed by atoms with Gasteiger partial charge in [0.1, 0.15) is 5.75 Å². The number of amides is 1. The van der Waals surface area contributed by atoms with Crippen LogP contribution in [0.5, 0.6) is 5.75 Å². The van der Waals surface area contributed by atoms with Gasteiger partial charge in [-0.25, -0.2) is 0 Å². The van der Waals surface area contributed by atoms with E-state index in [0.717, 1.165) is 44.3 Å². The van der Waals surface area contributed by atoms with E-state index in [4.69, 9.17) is 0 Å². The highest BCUT2D eigenvalue weighted by molar-refractivity contribution is 5.97. The number of aromatic hydroxyl groups is 1. The lowest BCUT2D eigenvalue weighted by Gasteiger charge is -2.26. The molecule has 110 valence electrons. The number of anilines is 1. The SMILES string of the molecule is CCCC1(C(=O)Nc2cc(CC)ccc2O)CCNC1. The Morgan fingerprint density at radius 2 is 2.25 bits per heavy atom. The van der Waals surface area contributed by atoms with Crippen molar-refractivity contribution < 1.29 is 9.90 Å². The van der Waals surface area contributed by atoms with Crippen molar-refractivity contribution in [1.82, 2.24) is 5.32 Å². The second-order valence-corrected chi connectivity index (χ2v) is 5.62. The maximum Gasteiger partial charge on any atom is 0.232 e. The van der Waals surface area contributed by atoms with E-state index in [1.54, 1.807) is 6.07 Å². The van der Waals surface area contributed by atoms with E-state index in [2.05, 4.69) is 24.5 Å². The van der Waals surface area contributed by atoms with Crippen LogP contribution in [0.2, 0.25) is 0 Å². The molecule has 4 nitrogen and oxygen atoms in total. The van der Waals surface area contributed by atoms with Crippen LogP contribution in [-0.2, 0) is 11.2 Å². The van der Waals surface area contributed by atoms with Crippen LogP contribution < -0.4 is 10.6 Å². The number of hydrogen-bond donors (Lipinski definition) is 3. The first-order valence-electron chi connectivity index (χ1n) is 7.45. The molecule has 20 heavy (non-hydrogen) atoms. The largest absolute Gasteiger partial charge is 0.506 e. The zero-order valence-corrected chi connectivity index (χ0v) is 12.3. The van der Waals surface area contributed by atoms with Gasteiger partial charge >= 0.3 is 0 Å². The Hall–Kier alpha value is -1.55. The summed E-state index contributed by atoms with van der Waals surface area (Å²) < 4.78 is 0. The summed E-state index contributed by atoms with van der Waals surface area (Å²) in [6, 6.07) is 5.38. The molecule has 1 atom stereocenters. The predicted octanol–water partition coefficient (Wildman–Crippen LogP) is 2.67. The molecule has 0 aromatic heterocycles. The van der Waals surface area contributed by atoms with Crippen LogP contribution in [-0.4, -0.2) is 24.1 Å². The van der Waals surface area contributed by atoms with E-state index in [0.29, 0.717) is 5.69 Å². The fourth-order valence-electron chi connectivity index (χ4n) is 2.90. The van der Waals surface area contributed by atoms with Crippen LogP contribution in [0.4, 0.5) is 5.69 Å². The van der Waals surface area contributed by atoms with Crippen LogP contribution in [0.15, 0.2) is 18.2 Å². The molecule has 0 bridgehead atoms. The van der Waals surface area contributed by atoms with Crippen LogP contribution in [0.25, 0.3) is 0 Å². The van der Waals surface area contributed by atoms with Crippen molar-refractivity contribution in [3.63, 3.8) is 0 Å². The molecule has 0 spiro atoms. The van der Waals surface area contributed by atoms with Gasteiger partial charge in [-0.05, 0) is 43.5 Å². The summed E-state index contributed by atoms with van der Waals surface area (Å²) in [6.45, 7) is 5.76. The van der Waals surface area contributed by atoms with Crippen LogP contribution >= 0.6 is 0 Å². The molecule has 1 amide bonds. The number of rotatable bonds is 5. The van der Waals surface area contributed by atoms with Crippen molar-refractivity contribution in [3.05, 3.63) is 23.8 Å². The predicted molar refractivity (Wildman–Crippen MR) is 80.9 cm³/mol. The molecule has 1 aromatic rings. The quantitative estimate of drug-likeness (QED) is 0.725. The fraction of sp³-hybridized carbons (Fsp3) is 0.562. The van der Waals surface area contributed by atoms with Crippen molar-refractivity contribution >= 4 is 11.6 Å². The molecule has 1 saturated heterocycles. The fourth-order valence-corrected chi connectivity index (χ4v) is 2.90. The van der Waals surface area contributed by atoms with Gasteiger partial charge in [-0.3, -0.25) is 4.79 Å². The average molecular weight is 276 g/mol. The number of nitrogens with one attached hydrogen (secondary N) is 2. The van der Waals surface area contributed by atoms with Crippen molar-refractivity contribution in [1.29, 1.82) is 0 Å². The van der Waals surface area contributed by atoms with Crippen molar-refractivity contribution in [3.8, 4) is 5.75 Å². The number of phenols is 1. The molecule has 1 aliphatic rings. The summed E-state index contributed by atoms with van der Waals surface area (Å²) in [5.41, 5.74) is 1.30. The molecule has 4 heteroatoms. The highest BCUT2D eigenvalue weighted by Crippen LogP contribution is 2.34. The third kappa shape index (κ3) is 2.96. The molecule has 1 heterocycles. The summed E-state index contributed by atoms with van der Waals surface area (Å²) >= 11 is 0. The topological polar surface area (TPSA) is 61.4 Å². The number of hydrogen-bond acceptors (Lipinski definition) is 3. The van der Waals surface area contributed by atoms with E-state index in [1.165, 1.54) is 0 Å². The number of phenolic OH excluding ortho intramolecular Hbond substituents is 1. The Morgan fingerprint density at radius 3 is 2.85 bits per heavy atom. The first kappa shape index (κ1) is 14.9. The van der Waals surface area contributed by atoms with Gasteiger partial charge in [-0.2, -0.15) is 0 Å². The number of benzene rings is 1. The number of aryl methyl sites for hydroxylation is 1. The Bertz CT molecular complexity index is 479. The average Bonchev–Trinajstić information content (AvgIpc) is 2.91. The van der Waals surface area contributed by atoms with Gasteiger partial charge in [0.05, 0.1) is 11.1 Å². The maximum atomic E-state index is 12.6. The molecule has 0 saturated carbocycles. The zero-order valence-electron chi connectivity index (χ0n) is 12.3. The summed E-state index contributed by atoms with van der Waals surface area (Å²) in [4.78, 5) is 12.6. The summed E-state index contributed by atoms with van der Waals surface area (Å²) in [6.07, 6.45) is 3.60. The summed E-state index contributed by atoms with van der Waals surface area (Å²) in [5, 5.41) is 16.1. The Labute approximate surface area is 120 Å². The van der Waals surface area contributed by atoms with Crippen LogP contribution in [0.3, 0.4) is 0 Å². The first-order valence-corrected chi connectivity index (χ1v) is 7.45. The molecule has 3 N–H and O–H groups in total. The summed E-state index contributed by atoms with van der Waals surface area (Å²) in [5.74, 6) is 0.154. The molecule has 0 radical (unpaired) electrons. The molecule has 1 unspecified atom stereocenters. The third-order valence-corrected chi connectivity index (χ3v) is 4.17. The Morgan fingerprint density at radius 1 is 1.45 bits per heavy atom. The van der Waals surface area contributed by atoms with Gasteiger partial charge in [-0.1, -0.05) is 26.3 Å². The minimum atomic E-state index is -0.330. The van der Waals surface area contributed by atoms with E-state index in [9.17, 15) is 9.90 Å². The molecule has 0 aliphatic carbocycles. The molecule has 1 aliphatic heterocycles. The Kier molecular flexibility index (Phi) is 4.65. The lowest BCUT2D eigenvalue weighted by atomic mass is 9.81. The molecule has 1 fully saturated rings. The van der Waals surface area contributed by atoms with E-state index in [1.807, 2.05) is 12.1 Å². The third-order valence-electron chi connectivity index (χ3n) is 4.17. The molecule has 2 rings (SSSR count). The van der Waals surface area contributed by atoms with Gasteiger partial charge < -0.3 is 15.7 Å². The lowest BCUT2D eigenvalue weighted by Crippen LogP contribution is -2.38. The second-order valence-electron chi connectivity index (χ2n) is 5.62. The highest BCUT2D eigenvalue weighted by Gasteiger charge is 2.40. The lowest BCUT2D eigenvalue weighted by molar-refractivity contribution is -0.125. The van der Waals surface area contributed by atoms with E-state index < -0.39 is 0 Å². The maximum absolute atomic E-state index is 12.6. The normalized spacial score (nSPS) is 21.9. The van der Waals surface area contributed by atoms with Crippen LogP contribution in [0, 0.1) is 5.41 Å². The molecular weight excluding hydrogens is 252 g/mol. The van der Waals surface area contributed by atoms with Crippen LogP contribution in [0.1, 0.15) is 38.7 Å². The second kappa shape index (κ2) is 6.27. The van der Waals surface area contributed by atoms with Gasteiger partial charge in [0, 0.05) is 6.54 Å². The van der Waals surface area contributed by atoms with Gasteiger partial charge in [0.2, 0.25) is 5.91 Å². The molecule has 1 aromatic carbocycles. The summed E-state index contributed by atoms with van der Waals surface area (Å²) in [7, 11) is 0. The van der Waals surface area contributed by atoms with Gasteiger partial charge in [0.15, 0.2) is 0 Å².